The number of thiophene rings is 1. The van der Waals surface area contributed by atoms with Crippen LogP contribution in [0.4, 0.5) is 0 Å². The lowest BCUT2D eigenvalue weighted by Crippen LogP contribution is -1.96. The third kappa shape index (κ3) is 3.78. The number of hydrogen-bond acceptors (Lipinski definition) is 4. The summed E-state index contributed by atoms with van der Waals surface area (Å²) in [6.07, 6.45) is 0.435. The molecule has 2 rings (SSSR count). The highest BCUT2D eigenvalue weighted by molar-refractivity contribution is 7.12. The Morgan fingerprint density at radius 2 is 1.95 bits per heavy atom. The molecule has 2 aromatic rings. The third-order valence-corrected chi connectivity index (χ3v) is 3.50. The first-order valence-electron chi connectivity index (χ1n) is 6.04. The summed E-state index contributed by atoms with van der Waals surface area (Å²) >= 11 is 1.54. The van der Waals surface area contributed by atoms with E-state index in [1.54, 1.807) is 7.11 Å². The van der Waals surface area contributed by atoms with Crippen LogP contribution in [0.3, 0.4) is 0 Å². The predicted molar refractivity (Wildman–Crippen MR) is 79.0 cm³/mol. The summed E-state index contributed by atoms with van der Waals surface area (Å²) in [4.78, 5) is 1.97. The van der Waals surface area contributed by atoms with E-state index < -0.39 is 0 Å². The van der Waals surface area contributed by atoms with Gasteiger partial charge < -0.3 is 9.47 Å². The summed E-state index contributed by atoms with van der Waals surface area (Å²) in [5.74, 6) is 7.36. The van der Waals surface area contributed by atoms with Gasteiger partial charge in [0.15, 0.2) is 11.5 Å². The number of benzene rings is 1. The average Bonchev–Trinajstić information content (AvgIpc) is 2.92. The second-order valence-electron chi connectivity index (χ2n) is 3.84. The first kappa shape index (κ1) is 14.0. The Balaban J connectivity index is 1.93. The molecule has 1 aromatic carbocycles. The molecule has 0 amide bonds. The van der Waals surface area contributed by atoms with E-state index in [4.69, 9.17) is 14.7 Å². The van der Waals surface area contributed by atoms with E-state index in [9.17, 15) is 0 Å². The number of nitriles is 1. The predicted octanol–water partition coefficient (Wildman–Crippen LogP) is 3.25. The average molecular weight is 283 g/mol. The van der Waals surface area contributed by atoms with Crippen molar-refractivity contribution in [1.82, 2.24) is 0 Å². The second kappa shape index (κ2) is 7.23. The van der Waals surface area contributed by atoms with Crippen LogP contribution in [0, 0.1) is 23.2 Å². The van der Waals surface area contributed by atoms with Crippen LogP contribution in [-0.2, 0) is 6.42 Å². The Morgan fingerprint density at radius 1 is 1.15 bits per heavy atom. The molecule has 0 unspecified atom stereocenters. The highest BCUT2D eigenvalue weighted by atomic mass is 32.1. The number of rotatable bonds is 4. The summed E-state index contributed by atoms with van der Waals surface area (Å²) in [5.41, 5.74) is 0. The SMILES string of the molecule is COc1ccccc1OCC#Cc1ccc(CC#N)s1. The quantitative estimate of drug-likeness (QED) is 0.809. The lowest BCUT2D eigenvalue weighted by atomic mass is 10.3. The minimum Gasteiger partial charge on any atom is -0.493 e. The van der Waals surface area contributed by atoms with E-state index in [0.717, 1.165) is 9.75 Å². The van der Waals surface area contributed by atoms with Gasteiger partial charge in [-0.3, -0.25) is 0 Å². The van der Waals surface area contributed by atoms with Crippen LogP contribution in [0.15, 0.2) is 36.4 Å². The van der Waals surface area contributed by atoms with Crippen LogP contribution in [-0.4, -0.2) is 13.7 Å². The maximum atomic E-state index is 8.61. The van der Waals surface area contributed by atoms with Gasteiger partial charge in [-0.05, 0) is 24.3 Å². The van der Waals surface area contributed by atoms with Gasteiger partial charge in [0.1, 0.15) is 6.61 Å². The normalized spacial score (nSPS) is 9.20. The number of ether oxygens (including phenoxy) is 2. The van der Waals surface area contributed by atoms with Crippen molar-refractivity contribution in [3.63, 3.8) is 0 Å². The zero-order valence-corrected chi connectivity index (χ0v) is 11.9. The highest BCUT2D eigenvalue weighted by Gasteiger charge is 2.00. The van der Waals surface area contributed by atoms with E-state index in [-0.39, 0.29) is 0 Å². The van der Waals surface area contributed by atoms with E-state index >= 15 is 0 Å². The molecular weight excluding hydrogens is 270 g/mol. The molecule has 20 heavy (non-hydrogen) atoms. The van der Waals surface area contributed by atoms with E-state index in [2.05, 4.69) is 17.9 Å². The van der Waals surface area contributed by atoms with Crippen molar-refractivity contribution < 1.29 is 9.47 Å². The molecule has 0 aliphatic carbocycles. The van der Waals surface area contributed by atoms with Crippen LogP contribution >= 0.6 is 11.3 Å². The molecule has 0 saturated heterocycles. The van der Waals surface area contributed by atoms with Gasteiger partial charge in [-0.1, -0.05) is 24.0 Å². The van der Waals surface area contributed by atoms with Gasteiger partial charge >= 0.3 is 0 Å². The fraction of sp³-hybridized carbons (Fsp3) is 0.188. The van der Waals surface area contributed by atoms with E-state index in [0.29, 0.717) is 24.5 Å². The summed E-state index contributed by atoms with van der Waals surface area (Å²) in [5, 5.41) is 8.61. The topological polar surface area (TPSA) is 42.2 Å². The molecule has 3 nitrogen and oxygen atoms in total. The van der Waals surface area contributed by atoms with Crippen molar-refractivity contribution in [2.24, 2.45) is 0 Å². The van der Waals surface area contributed by atoms with Crippen molar-refractivity contribution in [3.05, 3.63) is 46.2 Å². The van der Waals surface area contributed by atoms with Crippen molar-refractivity contribution in [1.29, 1.82) is 5.26 Å². The van der Waals surface area contributed by atoms with Crippen molar-refractivity contribution in [3.8, 4) is 29.4 Å². The van der Waals surface area contributed by atoms with Gasteiger partial charge in [-0.2, -0.15) is 5.26 Å². The lowest BCUT2D eigenvalue weighted by molar-refractivity contribution is 0.331. The highest BCUT2D eigenvalue weighted by Crippen LogP contribution is 2.25. The minimum absolute atomic E-state index is 0.297. The molecule has 0 fully saturated rings. The molecule has 0 aliphatic rings. The molecule has 4 heteroatoms. The van der Waals surface area contributed by atoms with Gasteiger partial charge in [0.25, 0.3) is 0 Å². The van der Waals surface area contributed by atoms with E-state index in [1.165, 1.54) is 11.3 Å². The van der Waals surface area contributed by atoms with Crippen LogP contribution in [0.25, 0.3) is 0 Å². The lowest BCUT2D eigenvalue weighted by Gasteiger charge is -2.06. The molecule has 0 bridgehead atoms. The maximum Gasteiger partial charge on any atom is 0.162 e. The number of nitrogens with zero attached hydrogens (tertiary/aromatic N) is 1. The zero-order valence-electron chi connectivity index (χ0n) is 11.1. The van der Waals surface area contributed by atoms with Gasteiger partial charge in [0.2, 0.25) is 0 Å². The number of methoxy groups -OCH3 is 1. The summed E-state index contributed by atoms with van der Waals surface area (Å²) < 4.78 is 10.7. The Bertz CT molecular complexity index is 674. The number of hydrogen-bond donors (Lipinski definition) is 0. The molecule has 0 saturated carbocycles. The molecule has 1 aromatic heterocycles. The molecule has 0 atom stereocenters. The maximum absolute atomic E-state index is 8.61. The first-order valence-corrected chi connectivity index (χ1v) is 6.85. The largest absolute Gasteiger partial charge is 0.493 e. The fourth-order valence-electron chi connectivity index (χ4n) is 1.59. The Hall–Kier alpha value is -2.43. The summed E-state index contributed by atoms with van der Waals surface area (Å²) in [6.45, 7) is 0.297. The van der Waals surface area contributed by atoms with E-state index in [1.807, 2.05) is 36.4 Å². The summed E-state index contributed by atoms with van der Waals surface area (Å²) in [6, 6.07) is 13.4. The molecule has 0 N–H and O–H groups in total. The smallest absolute Gasteiger partial charge is 0.162 e. The van der Waals surface area contributed by atoms with Crippen molar-refractivity contribution in [2.75, 3.05) is 13.7 Å². The second-order valence-corrected chi connectivity index (χ2v) is 5.01. The minimum atomic E-state index is 0.297. The summed E-state index contributed by atoms with van der Waals surface area (Å²) in [7, 11) is 1.61. The molecular formula is C16H13NO2S. The van der Waals surface area contributed by atoms with Crippen LogP contribution in [0.1, 0.15) is 9.75 Å². The van der Waals surface area contributed by atoms with Gasteiger partial charge in [-0.15, -0.1) is 11.3 Å². The molecule has 0 aliphatic heterocycles. The van der Waals surface area contributed by atoms with Crippen molar-refractivity contribution >= 4 is 11.3 Å². The molecule has 100 valence electrons. The van der Waals surface area contributed by atoms with Crippen LogP contribution in [0.2, 0.25) is 0 Å². The Labute approximate surface area is 122 Å². The standard InChI is InChI=1S/C16H13NO2S/c1-18-15-6-2-3-7-16(15)19-12-4-5-13-8-9-14(20-13)10-11-17/h2-3,6-9H,10,12H2,1H3. The Morgan fingerprint density at radius 3 is 2.70 bits per heavy atom. The first-order chi connectivity index (χ1) is 9.83. The molecule has 0 radical (unpaired) electrons. The van der Waals surface area contributed by atoms with Crippen molar-refractivity contribution in [2.45, 2.75) is 6.42 Å². The Kier molecular flexibility index (Phi) is 5.06. The van der Waals surface area contributed by atoms with Gasteiger partial charge in [0, 0.05) is 4.88 Å². The van der Waals surface area contributed by atoms with Gasteiger partial charge in [-0.25, -0.2) is 0 Å². The molecule has 1 heterocycles. The van der Waals surface area contributed by atoms with Crippen LogP contribution in [0.5, 0.6) is 11.5 Å². The molecule has 0 spiro atoms. The number of para-hydroxylation sites is 2. The van der Waals surface area contributed by atoms with Crippen LogP contribution < -0.4 is 9.47 Å². The third-order valence-electron chi connectivity index (χ3n) is 2.50. The monoisotopic (exact) mass is 283 g/mol. The zero-order chi connectivity index (χ0) is 14.2. The fourth-order valence-corrected chi connectivity index (χ4v) is 2.41. The van der Waals surface area contributed by atoms with Gasteiger partial charge in [0.05, 0.1) is 24.5 Å².